The Kier molecular flexibility index (Phi) is 5.76. The maximum atomic E-state index is 12.4. The first-order valence-electron chi connectivity index (χ1n) is 7.70. The summed E-state index contributed by atoms with van der Waals surface area (Å²) in [6.45, 7) is 5.57. The molecule has 0 bridgehead atoms. The van der Waals surface area contributed by atoms with E-state index in [0.717, 1.165) is 4.90 Å². The second-order valence-corrected chi connectivity index (χ2v) is 4.99. The Morgan fingerprint density at radius 1 is 1.04 bits per heavy atom. The van der Waals surface area contributed by atoms with Crippen LogP contribution in [-0.4, -0.2) is 48.2 Å². The molecule has 0 saturated heterocycles. The third-order valence-electron chi connectivity index (χ3n) is 3.47. The minimum absolute atomic E-state index is 0.0365. The molecule has 1 aliphatic heterocycles. The quantitative estimate of drug-likeness (QED) is 0.587. The summed E-state index contributed by atoms with van der Waals surface area (Å²) in [6, 6.07) is 6.72. The van der Waals surface area contributed by atoms with Gasteiger partial charge >= 0.3 is 0 Å². The lowest BCUT2D eigenvalue weighted by Gasteiger charge is -2.14. The number of benzene rings is 1. The van der Waals surface area contributed by atoms with Gasteiger partial charge in [-0.2, -0.15) is 0 Å². The van der Waals surface area contributed by atoms with Gasteiger partial charge in [0.1, 0.15) is 5.75 Å². The fourth-order valence-corrected chi connectivity index (χ4v) is 2.38. The summed E-state index contributed by atoms with van der Waals surface area (Å²) in [6.07, 6.45) is 0.537. The van der Waals surface area contributed by atoms with Gasteiger partial charge in [0.2, 0.25) is 0 Å². The van der Waals surface area contributed by atoms with Crippen LogP contribution in [0.1, 0.15) is 25.8 Å². The van der Waals surface area contributed by atoms with Crippen LogP contribution in [0.4, 0.5) is 0 Å². The number of carbonyl (C=O) groups excluding carboxylic acids is 2. The molecule has 2 rings (SSSR count). The van der Waals surface area contributed by atoms with Crippen LogP contribution in [-0.2, 0) is 14.3 Å². The highest BCUT2D eigenvalue weighted by Crippen LogP contribution is 2.29. The van der Waals surface area contributed by atoms with Crippen LogP contribution in [0.25, 0.3) is 5.57 Å². The van der Waals surface area contributed by atoms with Crippen LogP contribution < -0.4 is 4.74 Å². The highest BCUT2D eigenvalue weighted by atomic mass is 16.5. The second kappa shape index (κ2) is 7.78. The highest BCUT2D eigenvalue weighted by molar-refractivity contribution is 6.34. The van der Waals surface area contributed by atoms with Crippen molar-refractivity contribution in [2.24, 2.45) is 0 Å². The van der Waals surface area contributed by atoms with Crippen molar-refractivity contribution in [3.63, 3.8) is 0 Å². The van der Waals surface area contributed by atoms with Gasteiger partial charge in [-0.05, 0) is 38.0 Å². The average Bonchev–Trinajstić information content (AvgIpc) is 2.76. The molecule has 0 unspecified atom stereocenters. The molecule has 1 N–H and O–H groups in total. The molecular formula is C17H21NO5. The first-order valence-corrected chi connectivity index (χ1v) is 7.70. The number of hydrogen-bond acceptors (Lipinski definition) is 5. The molecule has 23 heavy (non-hydrogen) atoms. The topological polar surface area (TPSA) is 76.1 Å². The van der Waals surface area contributed by atoms with Gasteiger partial charge in [-0.1, -0.05) is 12.1 Å². The van der Waals surface area contributed by atoms with E-state index in [9.17, 15) is 14.7 Å². The van der Waals surface area contributed by atoms with Gasteiger partial charge in [-0.3, -0.25) is 14.5 Å². The third-order valence-corrected chi connectivity index (χ3v) is 3.47. The lowest BCUT2D eigenvalue weighted by Crippen LogP contribution is -2.33. The molecule has 0 fully saturated rings. The summed E-state index contributed by atoms with van der Waals surface area (Å²) in [7, 11) is 0. The van der Waals surface area contributed by atoms with E-state index in [1.54, 1.807) is 24.3 Å². The SMILES string of the molecule is CCOCCCN1C(=O)C(O)=C(c2ccc(OCC)cc2)C1=O. The van der Waals surface area contributed by atoms with E-state index in [0.29, 0.717) is 37.6 Å². The minimum atomic E-state index is -0.657. The van der Waals surface area contributed by atoms with Crippen LogP contribution in [0.5, 0.6) is 5.75 Å². The zero-order valence-corrected chi connectivity index (χ0v) is 13.4. The van der Waals surface area contributed by atoms with Crippen LogP contribution in [0.15, 0.2) is 30.0 Å². The van der Waals surface area contributed by atoms with Gasteiger partial charge < -0.3 is 14.6 Å². The molecule has 1 aromatic carbocycles. The number of hydrogen-bond donors (Lipinski definition) is 1. The second-order valence-electron chi connectivity index (χ2n) is 4.99. The summed E-state index contributed by atoms with van der Waals surface area (Å²) in [5.41, 5.74) is 0.533. The van der Waals surface area contributed by atoms with Crippen LogP contribution in [0, 0.1) is 0 Å². The maximum Gasteiger partial charge on any atom is 0.296 e. The molecule has 2 amide bonds. The lowest BCUT2D eigenvalue weighted by atomic mass is 10.1. The van der Waals surface area contributed by atoms with E-state index in [1.807, 2.05) is 13.8 Å². The number of nitrogens with zero attached hydrogens (tertiary/aromatic N) is 1. The van der Waals surface area contributed by atoms with Crippen molar-refractivity contribution in [2.45, 2.75) is 20.3 Å². The Morgan fingerprint density at radius 2 is 1.74 bits per heavy atom. The molecule has 1 aromatic rings. The molecule has 0 saturated carbocycles. The summed E-state index contributed by atoms with van der Waals surface area (Å²) < 4.78 is 10.5. The van der Waals surface area contributed by atoms with Crippen molar-refractivity contribution in [3.8, 4) is 5.75 Å². The van der Waals surface area contributed by atoms with E-state index < -0.39 is 17.6 Å². The molecule has 0 spiro atoms. The number of aliphatic hydroxyl groups is 1. The van der Waals surface area contributed by atoms with E-state index in [1.165, 1.54) is 0 Å². The minimum Gasteiger partial charge on any atom is -0.502 e. The highest BCUT2D eigenvalue weighted by Gasteiger charge is 2.38. The largest absolute Gasteiger partial charge is 0.502 e. The van der Waals surface area contributed by atoms with Crippen molar-refractivity contribution in [2.75, 3.05) is 26.4 Å². The fourth-order valence-electron chi connectivity index (χ4n) is 2.38. The van der Waals surface area contributed by atoms with Gasteiger partial charge in [0.05, 0.1) is 12.2 Å². The van der Waals surface area contributed by atoms with Gasteiger partial charge in [0, 0.05) is 19.8 Å². The standard InChI is InChI=1S/C17H21NO5/c1-3-22-11-5-10-18-16(20)14(15(19)17(18)21)12-6-8-13(9-7-12)23-4-2/h6-9,19H,3-5,10-11H2,1-2H3. The van der Waals surface area contributed by atoms with E-state index in [-0.39, 0.29) is 12.1 Å². The van der Waals surface area contributed by atoms with Crippen molar-refractivity contribution in [1.82, 2.24) is 4.90 Å². The normalized spacial score (nSPS) is 14.8. The number of ether oxygens (including phenoxy) is 2. The maximum absolute atomic E-state index is 12.4. The van der Waals surface area contributed by atoms with E-state index >= 15 is 0 Å². The Balaban J connectivity index is 2.12. The molecule has 6 nitrogen and oxygen atoms in total. The Morgan fingerprint density at radius 3 is 2.35 bits per heavy atom. The van der Waals surface area contributed by atoms with Crippen LogP contribution in [0.2, 0.25) is 0 Å². The van der Waals surface area contributed by atoms with Crippen molar-refractivity contribution >= 4 is 17.4 Å². The van der Waals surface area contributed by atoms with E-state index in [4.69, 9.17) is 9.47 Å². The predicted octanol–water partition coefficient (Wildman–Crippen LogP) is 2.15. The summed E-state index contributed by atoms with van der Waals surface area (Å²) in [5.74, 6) is -0.971. The number of rotatable bonds is 8. The first-order chi connectivity index (χ1) is 11.1. The molecule has 0 atom stereocenters. The van der Waals surface area contributed by atoms with Crippen LogP contribution in [0.3, 0.4) is 0 Å². The first kappa shape index (κ1) is 17.0. The number of aliphatic hydroxyl groups excluding tert-OH is 1. The lowest BCUT2D eigenvalue weighted by molar-refractivity contribution is -0.138. The Labute approximate surface area is 135 Å². The van der Waals surface area contributed by atoms with Crippen LogP contribution >= 0.6 is 0 Å². The smallest absolute Gasteiger partial charge is 0.296 e. The van der Waals surface area contributed by atoms with Gasteiger partial charge in [-0.15, -0.1) is 0 Å². The number of imide groups is 1. The molecule has 1 heterocycles. The predicted molar refractivity (Wildman–Crippen MR) is 85.0 cm³/mol. The molecular weight excluding hydrogens is 298 g/mol. The monoisotopic (exact) mass is 319 g/mol. The Bertz CT molecular complexity index is 606. The van der Waals surface area contributed by atoms with E-state index in [2.05, 4.69) is 0 Å². The molecule has 0 aliphatic carbocycles. The van der Waals surface area contributed by atoms with Crippen molar-refractivity contribution in [1.29, 1.82) is 0 Å². The summed E-state index contributed by atoms with van der Waals surface area (Å²) in [4.78, 5) is 25.5. The summed E-state index contributed by atoms with van der Waals surface area (Å²) in [5, 5.41) is 10.0. The molecule has 0 radical (unpaired) electrons. The zero-order chi connectivity index (χ0) is 16.8. The molecule has 124 valence electrons. The number of amides is 2. The number of carbonyl (C=O) groups is 2. The fraction of sp³-hybridized carbons (Fsp3) is 0.412. The van der Waals surface area contributed by atoms with Gasteiger partial charge in [0.15, 0.2) is 5.76 Å². The van der Waals surface area contributed by atoms with Crippen molar-refractivity contribution < 1.29 is 24.2 Å². The third kappa shape index (κ3) is 3.71. The molecule has 1 aliphatic rings. The molecule has 6 heteroatoms. The summed E-state index contributed by atoms with van der Waals surface area (Å²) >= 11 is 0. The average molecular weight is 319 g/mol. The Hall–Kier alpha value is -2.34. The molecule has 0 aromatic heterocycles. The van der Waals surface area contributed by atoms with Gasteiger partial charge in [0.25, 0.3) is 11.8 Å². The zero-order valence-electron chi connectivity index (χ0n) is 13.4. The van der Waals surface area contributed by atoms with Gasteiger partial charge in [-0.25, -0.2) is 0 Å². The van der Waals surface area contributed by atoms with Crippen molar-refractivity contribution in [3.05, 3.63) is 35.6 Å².